The fourth-order valence-electron chi connectivity index (χ4n) is 4.24. The van der Waals surface area contributed by atoms with Crippen molar-refractivity contribution >= 4 is 17.6 Å². The number of para-hydroxylation sites is 1. The van der Waals surface area contributed by atoms with E-state index >= 15 is 0 Å². The minimum absolute atomic E-state index is 0.179. The summed E-state index contributed by atoms with van der Waals surface area (Å²) in [5.41, 5.74) is 6.28. The highest BCUT2D eigenvalue weighted by atomic mass is 16.5. The van der Waals surface area contributed by atoms with Crippen molar-refractivity contribution < 1.29 is 4.74 Å². The Kier molecular flexibility index (Phi) is 5.38. The van der Waals surface area contributed by atoms with Crippen LogP contribution in [0.4, 0.5) is 11.4 Å². The van der Waals surface area contributed by atoms with Crippen LogP contribution in [0.15, 0.2) is 71.7 Å². The van der Waals surface area contributed by atoms with Crippen LogP contribution in [0.3, 0.4) is 0 Å². The number of fused-ring (bicyclic) bond motifs is 1. The molecular weight excluding hydrogens is 368 g/mol. The van der Waals surface area contributed by atoms with Gasteiger partial charge in [0.1, 0.15) is 11.5 Å². The minimum atomic E-state index is 0.179. The molecule has 30 heavy (non-hydrogen) atoms. The summed E-state index contributed by atoms with van der Waals surface area (Å²) in [6.45, 7) is 9.14. The third kappa shape index (κ3) is 4.11. The van der Waals surface area contributed by atoms with Crippen molar-refractivity contribution in [3.63, 3.8) is 0 Å². The summed E-state index contributed by atoms with van der Waals surface area (Å²) >= 11 is 0. The van der Waals surface area contributed by atoms with E-state index in [4.69, 9.17) is 9.73 Å². The van der Waals surface area contributed by atoms with Gasteiger partial charge in [0, 0.05) is 24.5 Å². The number of rotatable bonds is 4. The molecule has 1 aliphatic rings. The highest BCUT2D eigenvalue weighted by molar-refractivity contribution is 5.86. The molecule has 3 aromatic rings. The van der Waals surface area contributed by atoms with Crippen LogP contribution in [-0.4, -0.2) is 18.8 Å². The highest BCUT2D eigenvalue weighted by Crippen LogP contribution is 2.43. The van der Waals surface area contributed by atoms with Gasteiger partial charge in [-0.1, -0.05) is 25.1 Å². The van der Waals surface area contributed by atoms with Crippen LogP contribution in [0.25, 0.3) is 0 Å². The fourth-order valence-corrected chi connectivity index (χ4v) is 4.24. The molecule has 0 radical (unpaired) electrons. The smallest absolute Gasteiger partial charge is 0.127 e. The summed E-state index contributed by atoms with van der Waals surface area (Å²) in [7, 11) is 2.21. The molecule has 0 N–H and O–H groups in total. The molecule has 0 aliphatic carbocycles. The molecule has 1 aliphatic heterocycles. The summed E-state index contributed by atoms with van der Waals surface area (Å²) in [6, 6.07) is 22.3. The van der Waals surface area contributed by atoms with Crippen molar-refractivity contribution in [3.8, 4) is 11.5 Å². The number of benzene rings is 3. The lowest BCUT2D eigenvalue weighted by atomic mass is 9.79. The Labute approximate surface area is 180 Å². The monoisotopic (exact) mass is 398 g/mol. The molecule has 0 saturated carbocycles. The molecule has 0 unspecified atom stereocenters. The largest absolute Gasteiger partial charge is 0.457 e. The van der Waals surface area contributed by atoms with Gasteiger partial charge in [-0.15, -0.1) is 0 Å². The lowest BCUT2D eigenvalue weighted by molar-refractivity contribution is 0.395. The maximum Gasteiger partial charge on any atom is 0.127 e. The zero-order valence-electron chi connectivity index (χ0n) is 18.5. The van der Waals surface area contributed by atoms with Crippen LogP contribution < -0.4 is 9.64 Å². The van der Waals surface area contributed by atoms with E-state index in [-0.39, 0.29) is 5.54 Å². The topological polar surface area (TPSA) is 24.8 Å². The summed E-state index contributed by atoms with van der Waals surface area (Å²) < 4.78 is 5.86. The van der Waals surface area contributed by atoms with E-state index < -0.39 is 0 Å². The van der Waals surface area contributed by atoms with Crippen molar-refractivity contribution in [1.82, 2.24) is 0 Å². The van der Waals surface area contributed by atoms with E-state index in [2.05, 4.69) is 51.8 Å². The van der Waals surface area contributed by atoms with Crippen LogP contribution in [0, 0.1) is 6.92 Å². The third-order valence-electron chi connectivity index (χ3n) is 6.19. The van der Waals surface area contributed by atoms with E-state index in [9.17, 15) is 0 Å². The Bertz CT molecular complexity index is 1050. The molecule has 154 valence electrons. The maximum atomic E-state index is 5.86. The van der Waals surface area contributed by atoms with Crippen LogP contribution in [0.1, 0.15) is 49.8 Å². The molecule has 0 aromatic heterocycles. The molecule has 0 spiro atoms. The zero-order chi connectivity index (χ0) is 21.3. The Morgan fingerprint density at radius 1 is 1.00 bits per heavy atom. The van der Waals surface area contributed by atoms with Gasteiger partial charge < -0.3 is 9.64 Å². The molecule has 0 amide bonds. The molecule has 3 nitrogen and oxygen atoms in total. The van der Waals surface area contributed by atoms with Crippen LogP contribution in [0.5, 0.6) is 11.5 Å². The van der Waals surface area contributed by atoms with E-state index in [1.54, 1.807) is 0 Å². The molecule has 1 heterocycles. The number of hydrogen-bond donors (Lipinski definition) is 0. The highest BCUT2D eigenvalue weighted by Gasteiger charge is 2.34. The Morgan fingerprint density at radius 3 is 2.37 bits per heavy atom. The molecule has 0 saturated heterocycles. The molecular formula is C27H30N2O. The first-order chi connectivity index (χ1) is 14.3. The van der Waals surface area contributed by atoms with Crippen molar-refractivity contribution in [2.45, 2.75) is 45.6 Å². The zero-order valence-corrected chi connectivity index (χ0v) is 18.5. The SMILES string of the molecule is Cc1cc2c(cc1C=Nc1ccc(Oc3ccccc3)cc1)[C@@H](C)CC(C)(C)N2C. The first-order valence-electron chi connectivity index (χ1n) is 10.6. The summed E-state index contributed by atoms with van der Waals surface area (Å²) in [6.07, 6.45) is 3.13. The second-order valence-corrected chi connectivity index (χ2v) is 8.91. The van der Waals surface area contributed by atoms with Crippen molar-refractivity contribution in [3.05, 3.63) is 83.4 Å². The predicted octanol–water partition coefficient (Wildman–Crippen LogP) is 7.26. The standard InChI is InChI=1S/C27H30N2O/c1-19-15-26-25(20(2)17-27(3,4)29(26)5)16-21(19)18-28-22-11-13-24(14-12-22)30-23-9-7-6-8-10-23/h6-16,18,20H,17H2,1-5H3/t20-/m0/s1. The number of ether oxygens (including phenoxy) is 1. The summed E-state index contributed by atoms with van der Waals surface area (Å²) in [5, 5.41) is 0. The quantitative estimate of drug-likeness (QED) is 0.432. The average Bonchev–Trinajstić information content (AvgIpc) is 2.72. The van der Waals surface area contributed by atoms with Crippen LogP contribution in [-0.2, 0) is 0 Å². The molecule has 4 rings (SSSR count). The summed E-state index contributed by atoms with van der Waals surface area (Å²) in [4.78, 5) is 7.13. The minimum Gasteiger partial charge on any atom is -0.457 e. The lowest BCUT2D eigenvalue weighted by Gasteiger charge is -2.45. The van der Waals surface area contributed by atoms with Gasteiger partial charge >= 0.3 is 0 Å². The van der Waals surface area contributed by atoms with Crippen LogP contribution in [0.2, 0.25) is 0 Å². The van der Waals surface area contributed by atoms with Gasteiger partial charge in [0.2, 0.25) is 0 Å². The molecule has 0 fully saturated rings. The maximum absolute atomic E-state index is 5.86. The third-order valence-corrected chi connectivity index (χ3v) is 6.19. The van der Waals surface area contributed by atoms with Crippen LogP contribution >= 0.6 is 0 Å². The molecule has 3 heteroatoms. The normalized spacial score (nSPS) is 17.8. The second-order valence-electron chi connectivity index (χ2n) is 8.91. The number of aryl methyl sites for hydroxylation is 1. The van der Waals surface area contributed by atoms with Gasteiger partial charge in [0.05, 0.1) is 5.69 Å². The second kappa shape index (κ2) is 7.98. The van der Waals surface area contributed by atoms with Gasteiger partial charge in [-0.2, -0.15) is 0 Å². The average molecular weight is 399 g/mol. The number of anilines is 1. The number of hydrogen-bond acceptors (Lipinski definition) is 3. The predicted molar refractivity (Wildman–Crippen MR) is 127 cm³/mol. The van der Waals surface area contributed by atoms with Crippen molar-refractivity contribution in [2.24, 2.45) is 4.99 Å². The Balaban J connectivity index is 1.54. The first kappa shape index (κ1) is 20.2. The molecule has 0 bridgehead atoms. The summed E-state index contributed by atoms with van der Waals surface area (Å²) in [5.74, 6) is 2.18. The van der Waals surface area contributed by atoms with E-state index in [0.29, 0.717) is 5.92 Å². The van der Waals surface area contributed by atoms with Gasteiger partial charge in [-0.3, -0.25) is 4.99 Å². The van der Waals surface area contributed by atoms with E-state index in [1.165, 1.54) is 22.4 Å². The molecule has 3 aromatic carbocycles. The van der Waals surface area contributed by atoms with Crippen molar-refractivity contribution in [2.75, 3.05) is 11.9 Å². The lowest BCUT2D eigenvalue weighted by Crippen LogP contribution is -2.45. The number of nitrogens with zero attached hydrogens (tertiary/aromatic N) is 2. The van der Waals surface area contributed by atoms with Crippen molar-refractivity contribution in [1.29, 1.82) is 0 Å². The van der Waals surface area contributed by atoms with Gasteiger partial charge in [0.15, 0.2) is 0 Å². The van der Waals surface area contributed by atoms with Gasteiger partial charge in [-0.25, -0.2) is 0 Å². The number of aliphatic imine (C=N–C) groups is 1. The molecule has 1 atom stereocenters. The Morgan fingerprint density at radius 2 is 1.67 bits per heavy atom. The van der Waals surface area contributed by atoms with E-state index in [0.717, 1.165) is 23.6 Å². The van der Waals surface area contributed by atoms with Gasteiger partial charge in [0.25, 0.3) is 0 Å². The fraction of sp³-hybridized carbons (Fsp3) is 0.296. The van der Waals surface area contributed by atoms with E-state index in [1.807, 2.05) is 60.8 Å². The first-order valence-corrected chi connectivity index (χ1v) is 10.6. The van der Waals surface area contributed by atoms with Gasteiger partial charge in [-0.05, 0) is 98.3 Å². The Hall–Kier alpha value is -3.07.